The number of nitrogens with zero attached hydrogens (tertiary/aromatic N) is 3. The van der Waals surface area contributed by atoms with Crippen LogP contribution in [-0.4, -0.2) is 32.6 Å². The molecule has 114 valence electrons. The molecule has 0 bridgehead atoms. The van der Waals surface area contributed by atoms with E-state index in [1.165, 1.54) is 6.33 Å². The Labute approximate surface area is 127 Å². The molecule has 0 unspecified atom stereocenters. The van der Waals surface area contributed by atoms with E-state index in [-0.39, 0.29) is 11.8 Å². The van der Waals surface area contributed by atoms with Gasteiger partial charge >= 0.3 is 0 Å². The fourth-order valence-electron chi connectivity index (χ4n) is 2.49. The molecule has 1 aliphatic heterocycles. The third-order valence-electron chi connectivity index (χ3n) is 3.68. The number of carbonyl (C=O) groups excluding carboxylic acids is 2. The van der Waals surface area contributed by atoms with Crippen LogP contribution < -0.4 is 10.6 Å². The Hall–Kier alpha value is -2.70. The number of benzene rings is 1. The van der Waals surface area contributed by atoms with Crippen LogP contribution in [-0.2, 0) is 22.7 Å². The number of hydrogen-bond acceptors (Lipinski definition) is 4. The van der Waals surface area contributed by atoms with Gasteiger partial charge in [-0.2, -0.15) is 5.10 Å². The Morgan fingerprint density at radius 1 is 1.36 bits per heavy atom. The summed E-state index contributed by atoms with van der Waals surface area (Å²) >= 11 is 0. The molecule has 1 aromatic heterocycles. The van der Waals surface area contributed by atoms with E-state index >= 15 is 0 Å². The summed E-state index contributed by atoms with van der Waals surface area (Å²) < 4.78 is 1.73. The molecule has 7 heteroatoms. The van der Waals surface area contributed by atoms with Crippen molar-refractivity contribution in [1.29, 1.82) is 0 Å². The van der Waals surface area contributed by atoms with E-state index in [0.717, 1.165) is 11.1 Å². The zero-order valence-corrected chi connectivity index (χ0v) is 12.0. The molecule has 2 aromatic rings. The van der Waals surface area contributed by atoms with Gasteiger partial charge < -0.3 is 10.6 Å². The Bertz CT molecular complexity index is 668. The van der Waals surface area contributed by atoms with Crippen LogP contribution in [0.15, 0.2) is 36.9 Å². The second kappa shape index (κ2) is 6.38. The van der Waals surface area contributed by atoms with Gasteiger partial charge in [0.2, 0.25) is 11.8 Å². The summed E-state index contributed by atoms with van der Waals surface area (Å²) in [5.74, 6) is -0.201. The molecule has 1 saturated heterocycles. The van der Waals surface area contributed by atoms with Crippen molar-refractivity contribution in [1.82, 2.24) is 25.4 Å². The summed E-state index contributed by atoms with van der Waals surface area (Å²) in [6.07, 6.45) is 4.13. The molecule has 2 N–H and O–H groups in total. The fraction of sp³-hybridized carbons (Fsp3) is 0.333. The van der Waals surface area contributed by atoms with E-state index in [1.54, 1.807) is 11.0 Å². The first-order valence-corrected chi connectivity index (χ1v) is 7.18. The topological polar surface area (TPSA) is 88.9 Å². The zero-order valence-electron chi connectivity index (χ0n) is 12.0. The van der Waals surface area contributed by atoms with Crippen LogP contribution in [0.4, 0.5) is 0 Å². The van der Waals surface area contributed by atoms with E-state index in [2.05, 4.69) is 20.7 Å². The van der Waals surface area contributed by atoms with Gasteiger partial charge in [0, 0.05) is 13.0 Å². The van der Waals surface area contributed by atoms with Crippen molar-refractivity contribution in [2.75, 3.05) is 0 Å². The molecule has 2 heterocycles. The lowest BCUT2D eigenvalue weighted by Gasteiger charge is -2.13. The average Bonchev–Trinajstić information content (AvgIpc) is 3.18. The Morgan fingerprint density at radius 3 is 2.86 bits per heavy atom. The summed E-state index contributed by atoms with van der Waals surface area (Å²) in [6.45, 7) is 1.03. The maximum Gasteiger partial charge on any atom is 0.242 e. The summed E-state index contributed by atoms with van der Waals surface area (Å²) in [5, 5.41) is 9.64. The van der Waals surface area contributed by atoms with Gasteiger partial charge in [0.1, 0.15) is 18.7 Å². The molecule has 0 spiro atoms. The maximum absolute atomic E-state index is 12.0. The Balaban J connectivity index is 1.62. The summed E-state index contributed by atoms with van der Waals surface area (Å²) in [7, 11) is 0. The van der Waals surface area contributed by atoms with E-state index in [4.69, 9.17) is 0 Å². The third kappa shape index (κ3) is 3.30. The first-order valence-electron chi connectivity index (χ1n) is 7.18. The Morgan fingerprint density at radius 2 is 2.18 bits per heavy atom. The molecular weight excluding hydrogens is 282 g/mol. The lowest BCUT2D eigenvalue weighted by Crippen LogP contribution is -2.41. The third-order valence-corrected chi connectivity index (χ3v) is 3.68. The minimum Gasteiger partial charge on any atom is -0.350 e. The van der Waals surface area contributed by atoms with Gasteiger partial charge in [-0.25, -0.2) is 9.67 Å². The fourth-order valence-corrected chi connectivity index (χ4v) is 2.49. The van der Waals surface area contributed by atoms with E-state index < -0.39 is 6.04 Å². The molecule has 7 nitrogen and oxygen atoms in total. The predicted molar refractivity (Wildman–Crippen MR) is 78.6 cm³/mol. The zero-order chi connectivity index (χ0) is 15.4. The summed E-state index contributed by atoms with van der Waals surface area (Å²) in [6, 6.07) is 7.45. The molecular formula is C15H17N5O2. The largest absolute Gasteiger partial charge is 0.350 e. The highest BCUT2D eigenvalue weighted by Gasteiger charge is 2.26. The molecule has 0 radical (unpaired) electrons. The molecule has 1 atom stereocenters. The second-order valence-corrected chi connectivity index (χ2v) is 5.24. The quantitative estimate of drug-likeness (QED) is 0.826. The number of amides is 2. The van der Waals surface area contributed by atoms with Crippen LogP contribution in [0, 0.1) is 0 Å². The van der Waals surface area contributed by atoms with Crippen molar-refractivity contribution in [3.05, 3.63) is 48.0 Å². The monoisotopic (exact) mass is 299 g/mol. The SMILES string of the molecule is O=C1CC[C@@H](C(=O)NCc2ccccc2Cn2cncn2)N1. The van der Waals surface area contributed by atoms with Gasteiger partial charge in [-0.15, -0.1) is 0 Å². The van der Waals surface area contributed by atoms with Crippen LogP contribution in [0.3, 0.4) is 0 Å². The highest BCUT2D eigenvalue weighted by Crippen LogP contribution is 2.11. The smallest absolute Gasteiger partial charge is 0.242 e. The molecule has 1 aliphatic rings. The predicted octanol–water partition coefficient (Wildman–Crippen LogP) is 0.221. The molecule has 22 heavy (non-hydrogen) atoms. The number of carbonyl (C=O) groups is 2. The molecule has 1 aromatic carbocycles. The normalized spacial score (nSPS) is 17.3. The number of nitrogens with one attached hydrogen (secondary N) is 2. The van der Waals surface area contributed by atoms with Crippen LogP contribution in [0.25, 0.3) is 0 Å². The van der Waals surface area contributed by atoms with Crippen LogP contribution in [0.5, 0.6) is 0 Å². The number of aromatic nitrogens is 3. The minimum absolute atomic E-state index is 0.0632. The maximum atomic E-state index is 12.0. The van der Waals surface area contributed by atoms with E-state index in [1.807, 2.05) is 24.3 Å². The van der Waals surface area contributed by atoms with Gasteiger partial charge in [0.15, 0.2) is 0 Å². The first-order chi connectivity index (χ1) is 10.7. The highest BCUT2D eigenvalue weighted by atomic mass is 16.2. The molecule has 1 fully saturated rings. The van der Waals surface area contributed by atoms with Gasteiger partial charge in [-0.1, -0.05) is 24.3 Å². The van der Waals surface area contributed by atoms with Crippen molar-refractivity contribution in [3.63, 3.8) is 0 Å². The lowest BCUT2D eigenvalue weighted by molar-refractivity contribution is -0.125. The van der Waals surface area contributed by atoms with Crippen molar-refractivity contribution in [2.24, 2.45) is 0 Å². The average molecular weight is 299 g/mol. The van der Waals surface area contributed by atoms with Gasteiger partial charge in [0.05, 0.1) is 6.54 Å². The standard InChI is InChI=1S/C15H17N5O2/c21-14-6-5-13(19-14)15(22)17-7-11-3-1-2-4-12(11)8-20-10-16-9-18-20/h1-4,9-10,13H,5-8H2,(H,17,22)(H,19,21)/t13-/m0/s1. The summed E-state index contributed by atoms with van der Waals surface area (Å²) in [4.78, 5) is 27.1. The van der Waals surface area contributed by atoms with Crippen LogP contribution in [0.2, 0.25) is 0 Å². The van der Waals surface area contributed by atoms with Crippen molar-refractivity contribution in [2.45, 2.75) is 32.0 Å². The Kier molecular flexibility index (Phi) is 4.13. The molecule has 2 amide bonds. The lowest BCUT2D eigenvalue weighted by atomic mass is 10.1. The highest BCUT2D eigenvalue weighted by molar-refractivity contribution is 5.90. The second-order valence-electron chi connectivity index (χ2n) is 5.24. The molecule has 3 rings (SSSR count). The molecule has 0 saturated carbocycles. The van der Waals surface area contributed by atoms with Crippen molar-refractivity contribution >= 4 is 11.8 Å². The number of rotatable bonds is 5. The minimum atomic E-state index is -0.407. The van der Waals surface area contributed by atoms with Gasteiger partial charge in [-0.05, 0) is 17.5 Å². The van der Waals surface area contributed by atoms with Crippen molar-refractivity contribution in [3.8, 4) is 0 Å². The van der Waals surface area contributed by atoms with E-state index in [9.17, 15) is 9.59 Å². The number of hydrogen-bond donors (Lipinski definition) is 2. The summed E-state index contributed by atoms with van der Waals surface area (Å²) in [5.41, 5.74) is 2.10. The van der Waals surface area contributed by atoms with E-state index in [0.29, 0.717) is 25.9 Å². The molecule has 0 aliphatic carbocycles. The van der Waals surface area contributed by atoms with Crippen LogP contribution >= 0.6 is 0 Å². The first kappa shape index (κ1) is 14.2. The van der Waals surface area contributed by atoms with Crippen LogP contribution in [0.1, 0.15) is 24.0 Å². The van der Waals surface area contributed by atoms with Crippen molar-refractivity contribution < 1.29 is 9.59 Å². The van der Waals surface area contributed by atoms with Gasteiger partial charge in [0.25, 0.3) is 0 Å². The van der Waals surface area contributed by atoms with Gasteiger partial charge in [-0.3, -0.25) is 9.59 Å².